The monoisotopic (exact) mass is 494 g/mol. The first-order chi connectivity index (χ1) is 13.0. The van der Waals surface area contributed by atoms with Gasteiger partial charge in [0.25, 0.3) is 5.91 Å². The van der Waals surface area contributed by atoms with E-state index in [-0.39, 0.29) is 35.3 Å². The molecule has 5 nitrogen and oxygen atoms in total. The Morgan fingerprint density at radius 1 is 0.893 bits per heavy atom. The molecule has 0 aliphatic rings. The summed E-state index contributed by atoms with van der Waals surface area (Å²) >= 11 is 0. The summed E-state index contributed by atoms with van der Waals surface area (Å²) in [4.78, 5) is 16.8. The number of guanidine groups is 1. The molecular formula is C22H31IN4O. The van der Waals surface area contributed by atoms with Gasteiger partial charge in [-0.3, -0.25) is 9.79 Å². The van der Waals surface area contributed by atoms with Gasteiger partial charge >= 0.3 is 0 Å². The van der Waals surface area contributed by atoms with Crippen LogP contribution in [-0.2, 0) is 5.41 Å². The van der Waals surface area contributed by atoms with E-state index in [1.807, 2.05) is 31.2 Å². The number of halogens is 1. The lowest BCUT2D eigenvalue weighted by molar-refractivity contribution is 0.0954. The Morgan fingerprint density at radius 3 is 2.07 bits per heavy atom. The molecule has 6 heteroatoms. The number of carbonyl (C=O) groups excluding carboxylic acids is 1. The van der Waals surface area contributed by atoms with Crippen LogP contribution in [0.4, 0.5) is 0 Å². The largest absolute Gasteiger partial charge is 0.357 e. The first-order valence-corrected chi connectivity index (χ1v) is 9.44. The molecule has 0 radical (unpaired) electrons. The summed E-state index contributed by atoms with van der Waals surface area (Å²) in [6.45, 7) is 9.01. The van der Waals surface area contributed by atoms with Crippen molar-refractivity contribution in [1.82, 2.24) is 16.0 Å². The molecule has 0 bridgehead atoms. The first kappa shape index (κ1) is 23.9. The zero-order valence-corrected chi connectivity index (χ0v) is 19.2. The highest BCUT2D eigenvalue weighted by Gasteiger charge is 2.20. The van der Waals surface area contributed by atoms with Gasteiger partial charge in [-0.25, -0.2) is 0 Å². The summed E-state index contributed by atoms with van der Waals surface area (Å²) in [5, 5.41) is 9.44. The summed E-state index contributed by atoms with van der Waals surface area (Å²) in [5.41, 5.74) is 1.88. The van der Waals surface area contributed by atoms with Crippen molar-refractivity contribution in [3.63, 3.8) is 0 Å². The molecule has 2 rings (SSSR count). The Morgan fingerprint density at radius 2 is 1.46 bits per heavy atom. The zero-order valence-electron chi connectivity index (χ0n) is 16.9. The smallest absolute Gasteiger partial charge is 0.251 e. The van der Waals surface area contributed by atoms with E-state index in [2.05, 4.69) is 54.1 Å². The quantitative estimate of drug-likeness (QED) is 0.228. The van der Waals surface area contributed by atoms with Crippen molar-refractivity contribution in [3.8, 4) is 0 Å². The Kier molecular flexibility index (Phi) is 10.6. The third-order valence-corrected chi connectivity index (χ3v) is 4.27. The molecule has 1 amide bonds. The average Bonchev–Trinajstić information content (AvgIpc) is 2.70. The molecule has 0 unspecified atom stereocenters. The van der Waals surface area contributed by atoms with Crippen molar-refractivity contribution >= 4 is 35.8 Å². The molecule has 0 aromatic heterocycles. The Balaban J connectivity index is 0.00000392. The number of hydrogen-bond acceptors (Lipinski definition) is 2. The minimum Gasteiger partial charge on any atom is -0.357 e. The summed E-state index contributed by atoms with van der Waals surface area (Å²) < 4.78 is 0. The van der Waals surface area contributed by atoms with Crippen LogP contribution in [0.15, 0.2) is 65.7 Å². The summed E-state index contributed by atoms with van der Waals surface area (Å²) in [6.07, 6.45) is 0. The van der Waals surface area contributed by atoms with Crippen molar-refractivity contribution in [2.75, 3.05) is 26.2 Å². The minimum atomic E-state index is -0.0652. The van der Waals surface area contributed by atoms with Gasteiger partial charge in [-0.1, -0.05) is 62.4 Å². The predicted molar refractivity (Wildman–Crippen MR) is 128 cm³/mol. The fourth-order valence-corrected chi connectivity index (χ4v) is 2.65. The minimum absolute atomic E-state index is 0. The maximum atomic E-state index is 12.0. The molecule has 0 aliphatic carbocycles. The maximum Gasteiger partial charge on any atom is 0.251 e. The Labute approximate surface area is 185 Å². The third-order valence-electron chi connectivity index (χ3n) is 4.27. The van der Waals surface area contributed by atoms with Gasteiger partial charge in [0.15, 0.2) is 5.96 Å². The van der Waals surface area contributed by atoms with Gasteiger partial charge in [0, 0.05) is 30.6 Å². The zero-order chi connectivity index (χ0) is 19.5. The van der Waals surface area contributed by atoms with E-state index in [1.165, 1.54) is 5.56 Å². The average molecular weight is 494 g/mol. The molecular weight excluding hydrogens is 463 g/mol. The van der Waals surface area contributed by atoms with Gasteiger partial charge in [-0.15, -0.1) is 24.0 Å². The second kappa shape index (κ2) is 12.4. The molecule has 0 saturated heterocycles. The highest BCUT2D eigenvalue weighted by Crippen LogP contribution is 2.22. The number of rotatable bonds is 8. The van der Waals surface area contributed by atoms with Gasteiger partial charge in [-0.05, 0) is 24.6 Å². The number of aliphatic imine (C=N–C) groups is 1. The Hall–Kier alpha value is -2.09. The molecule has 3 N–H and O–H groups in total. The topological polar surface area (TPSA) is 65.5 Å². The van der Waals surface area contributed by atoms with Crippen LogP contribution in [0.2, 0.25) is 0 Å². The lowest BCUT2D eigenvalue weighted by Crippen LogP contribution is -2.42. The first-order valence-electron chi connectivity index (χ1n) is 9.44. The van der Waals surface area contributed by atoms with Gasteiger partial charge < -0.3 is 16.0 Å². The van der Waals surface area contributed by atoms with Gasteiger partial charge in [0.1, 0.15) is 0 Å². The van der Waals surface area contributed by atoms with E-state index < -0.39 is 0 Å². The van der Waals surface area contributed by atoms with Gasteiger partial charge in [-0.2, -0.15) is 0 Å². The predicted octanol–water partition coefficient (Wildman–Crippen LogP) is 3.57. The molecule has 0 atom stereocenters. The standard InChI is InChI=1S/C22H30N4O.HI/c1-4-23-21(26-17-22(2,3)19-13-9-6-10-14-19)25-16-15-24-20(27)18-11-7-5-8-12-18;/h5-14H,4,15-17H2,1-3H3,(H,24,27)(H2,23,25,26);1H. The summed E-state index contributed by atoms with van der Waals surface area (Å²) in [7, 11) is 0. The van der Waals surface area contributed by atoms with Crippen LogP contribution in [0.3, 0.4) is 0 Å². The van der Waals surface area contributed by atoms with E-state index in [1.54, 1.807) is 12.1 Å². The van der Waals surface area contributed by atoms with Crippen molar-refractivity contribution in [2.24, 2.45) is 4.99 Å². The lowest BCUT2D eigenvalue weighted by atomic mass is 9.85. The van der Waals surface area contributed by atoms with E-state index in [0.717, 1.165) is 12.5 Å². The van der Waals surface area contributed by atoms with Crippen LogP contribution in [0.5, 0.6) is 0 Å². The maximum absolute atomic E-state index is 12.0. The molecule has 0 spiro atoms. The van der Waals surface area contributed by atoms with E-state index in [9.17, 15) is 4.79 Å². The number of nitrogens with zero attached hydrogens (tertiary/aromatic N) is 1. The lowest BCUT2D eigenvalue weighted by Gasteiger charge is -2.24. The molecule has 0 saturated carbocycles. The van der Waals surface area contributed by atoms with Gasteiger partial charge in [0.05, 0.1) is 6.54 Å². The second-order valence-corrected chi connectivity index (χ2v) is 6.99. The van der Waals surface area contributed by atoms with Crippen molar-refractivity contribution in [2.45, 2.75) is 26.2 Å². The molecule has 28 heavy (non-hydrogen) atoms. The summed E-state index contributed by atoms with van der Waals surface area (Å²) in [6, 6.07) is 19.6. The van der Waals surface area contributed by atoms with E-state index in [4.69, 9.17) is 4.99 Å². The fraction of sp³-hybridized carbons (Fsp3) is 0.364. The van der Waals surface area contributed by atoms with Crippen LogP contribution in [-0.4, -0.2) is 38.0 Å². The number of carbonyl (C=O) groups is 1. The van der Waals surface area contributed by atoms with Crippen LogP contribution < -0.4 is 16.0 Å². The van der Waals surface area contributed by atoms with Gasteiger partial charge in [0.2, 0.25) is 0 Å². The number of amides is 1. The molecule has 152 valence electrons. The van der Waals surface area contributed by atoms with E-state index in [0.29, 0.717) is 25.2 Å². The van der Waals surface area contributed by atoms with Crippen LogP contribution >= 0.6 is 24.0 Å². The second-order valence-electron chi connectivity index (χ2n) is 6.99. The molecule has 2 aromatic rings. The SMILES string of the molecule is CCNC(=NCC(C)(C)c1ccccc1)NCCNC(=O)c1ccccc1.I. The van der Waals surface area contributed by atoms with E-state index >= 15 is 0 Å². The highest BCUT2D eigenvalue weighted by molar-refractivity contribution is 14.0. The number of nitrogens with one attached hydrogen (secondary N) is 3. The van der Waals surface area contributed by atoms with Crippen LogP contribution in [0.25, 0.3) is 0 Å². The molecule has 0 fully saturated rings. The summed E-state index contributed by atoms with van der Waals surface area (Å²) in [5.74, 6) is 0.694. The number of benzene rings is 2. The third kappa shape index (κ3) is 7.88. The van der Waals surface area contributed by atoms with Crippen molar-refractivity contribution < 1.29 is 4.79 Å². The normalized spacial score (nSPS) is 11.3. The Bertz CT molecular complexity index is 733. The molecule has 0 aliphatic heterocycles. The fourth-order valence-electron chi connectivity index (χ4n) is 2.65. The highest BCUT2D eigenvalue weighted by atomic mass is 127. The molecule has 2 aromatic carbocycles. The number of hydrogen-bond donors (Lipinski definition) is 3. The molecule has 0 heterocycles. The van der Waals surface area contributed by atoms with Crippen molar-refractivity contribution in [1.29, 1.82) is 0 Å². The van der Waals surface area contributed by atoms with Crippen molar-refractivity contribution in [3.05, 3.63) is 71.8 Å². The van der Waals surface area contributed by atoms with Crippen LogP contribution in [0, 0.1) is 0 Å². The van der Waals surface area contributed by atoms with Crippen LogP contribution in [0.1, 0.15) is 36.7 Å².